The summed E-state index contributed by atoms with van der Waals surface area (Å²) in [5.74, 6) is -2.10. The van der Waals surface area contributed by atoms with Gasteiger partial charge in [0.1, 0.15) is 5.75 Å². The van der Waals surface area contributed by atoms with Gasteiger partial charge in [-0.15, -0.1) is 0 Å². The second-order valence-electron chi connectivity index (χ2n) is 6.60. The molecule has 1 amide bonds. The third-order valence-electron chi connectivity index (χ3n) is 5.56. The summed E-state index contributed by atoms with van der Waals surface area (Å²) in [4.78, 5) is 24.3. The molecule has 0 radical (unpaired) electrons. The monoisotopic (exact) mass is 299 g/mol. The van der Waals surface area contributed by atoms with Crippen molar-refractivity contribution in [1.82, 2.24) is 0 Å². The fraction of sp³-hybridized carbons (Fsp3) is 0.412. The Morgan fingerprint density at radius 1 is 1.05 bits per heavy atom. The normalized spacial score (nSPS) is 33.1. The van der Waals surface area contributed by atoms with Crippen LogP contribution in [-0.2, 0) is 9.59 Å². The molecule has 2 bridgehead atoms. The fourth-order valence-corrected chi connectivity index (χ4v) is 4.46. The van der Waals surface area contributed by atoms with Crippen molar-refractivity contribution in [2.75, 3.05) is 5.32 Å². The molecule has 2 saturated carbocycles. The zero-order valence-electron chi connectivity index (χ0n) is 11.9. The molecule has 4 atom stereocenters. The number of aromatic hydroxyl groups is 1. The van der Waals surface area contributed by atoms with Crippen molar-refractivity contribution >= 4 is 17.6 Å². The van der Waals surface area contributed by atoms with Crippen LogP contribution in [0.4, 0.5) is 5.69 Å². The topological polar surface area (TPSA) is 86.6 Å². The van der Waals surface area contributed by atoms with Crippen molar-refractivity contribution < 1.29 is 19.8 Å². The fourth-order valence-electron chi connectivity index (χ4n) is 4.46. The van der Waals surface area contributed by atoms with Crippen molar-refractivity contribution in [3.05, 3.63) is 36.4 Å². The van der Waals surface area contributed by atoms with Crippen LogP contribution in [0.5, 0.6) is 5.75 Å². The van der Waals surface area contributed by atoms with E-state index in [0.717, 1.165) is 12.8 Å². The van der Waals surface area contributed by atoms with E-state index >= 15 is 0 Å². The highest BCUT2D eigenvalue weighted by atomic mass is 16.4. The third-order valence-corrected chi connectivity index (χ3v) is 5.56. The molecule has 1 spiro atoms. The van der Waals surface area contributed by atoms with Crippen molar-refractivity contribution in [1.29, 1.82) is 0 Å². The van der Waals surface area contributed by atoms with Gasteiger partial charge in [-0.25, -0.2) is 0 Å². The number of hydrogen-bond acceptors (Lipinski definition) is 3. The SMILES string of the molecule is O=C(O)[C@@H]1[C@H](C(=O)Nc2ccc(O)cc2)[C@@H]2C=C[C@H]1C21CC1. The Bertz CT molecular complexity index is 674. The second-order valence-corrected chi connectivity index (χ2v) is 6.60. The molecular formula is C17H17NO4. The van der Waals surface area contributed by atoms with Crippen molar-refractivity contribution in [3.63, 3.8) is 0 Å². The van der Waals surface area contributed by atoms with Crippen LogP contribution in [-0.4, -0.2) is 22.1 Å². The predicted octanol–water partition coefficient (Wildman–Crippen LogP) is 2.24. The van der Waals surface area contributed by atoms with E-state index in [1.54, 1.807) is 12.1 Å². The van der Waals surface area contributed by atoms with Gasteiger partial charge < -0.3 is 15.5 Å². The first kappa shape index (κ1) is 13.4. The van der Waals surface area contributed by atoms with Crippen molar-refractivity contribution in [2.45, 2.75) is 12.8 Å². The Morgan fingerprint density at radius 2 is 1.64 bits per heavy atom. The molecular weight excluding hydrogens is 282 g/mol. The molecule has 22 heavy (non-hydrogen) atoms. The minimum Gasteiger partial charge on any atom is -0.508 e. The number of hydrogen-bond donors (Lipinski definition) is 3. The van der Waals surface area contributed by atoms with E-state index < -0.39 is 17.8 Å². The molecule has 3 N–H and O–H groups in total. The number of carbonyl (C=O) groups is 2. The van der Waals surface area contributed by atoms with Crippen molar-refractivity contribution in [2.24, 2.45) is 29.1 Å². The minimum absolute atomic E-state index is 0.00873. The maximum Gasteiger partial charge on any atom is 0.307 e. The second kappa shape index (κ2) is 4.35. The summed E-state index contributed by atoms with van der Waals surface area (Å²) in [7, 11) is 0. The Kier molecular flexibility index (Phi) is 2.64. The van der Waals surface area contributed by atoms with Gasteiger partial charge in [-0.1, -0.05) is 12.2 Å². The van der Waals surface area contributed by atoms with Crippen molar-refractivity contribution in [3.8, 4) is 5.75 Å². The average Bonchev–Trinajstić information content (AvgIpc) is 3.15. The van der Waals surface area contributed by atoms with E-state index in [-0.39, 0.29) is 28.9 Å². The van der Waals surface area contributed by atoms with Gasteiger partial charge in [-0.3, -0.25) is 9.59 Å². The number of nitrogens with one attached hydrogen (secondary N) is 1. The summed E-state index contributed by atoms with van der Waals surface area (Å²) >= 11 is 0. The van der Waals surface area contributed by atoms with E-state index in [0.29, 0.717) is 5.69 Å². The van der Waals surface area contributed by atoms with Gasteiger partial charge in [0, 0.05) is 5.69 Å². The number of anilines is 1. The predicted molar refractivity (Wildman–Crippen MR) is 79.1 cm³/mol. The molecule has 4 rings (SSSR count). The number of phenolic OH excluding ortho intramolecular Hbond substituents is 1. The van der Waals surface area contributed by atoms with Crippen LogP contribution >= 0.6 is 0 Å². The Morgan fingerprint density at radius 3 is 2.18 bits per heavy atom. The van der Waals surface area contributed by atoms with Gasteiger partial charge in [0.15, 0.2) is 0 Å². The first-order chi connectivity index (χ1) is 10.5. The zero-order chi connectivity index (χ0) is 15.5. The lowest BCUT2D eigenvalue weighted by atomic mass is 9.82. The van der Waals surface area contributed by atoms with Gasteiger partial charge in [0.25, 0.3) is 0 Å². The quantitative estimate of drug-likeness (QED) is 0.590. The van der Waals surface area contributed by atoms with Crippen LogP contribution in [0.1, 0.15) is 12.8 Å². The summed E-state index contributed by atoms with van der Waals surface area (Å²) in [6, 6.07) is 6.21. The largest absolute Gasteiger partial charge is 0.508 e. The summed E-state index contributed by atoms with van der Waals surface area (Å²) < 4.78 is 0. The lowest BCUT2D eigenvalue weighted by molar-refractivity contribution is -0.146. The number of amides is 1. The lowest BCUT2D eigenvalue weighted by Gasteiger charge is -2.23. The summed E-state index contributed by atoms with van der Waals surface area (Å²) in [5.41, 5.74) is 0.601. The van der Waals surface area contributed by atoms with E-state index in [9.17, 15) is 19.8 Å². The number of carboxylic acids is 1. The molecule has 5 heteroatoms. The lowest BCUT2D eigenvalue weighted by Crippen LogP contribution is -2.36. The summed E-state index contributed by atoms with van der Waals surface area (Å²) in [5, 5.41) is 21.6. The Labute approximate surface area is 127 Å². The first-order valence-electron chi connectivity index (χ1n) is 7.54. The number of aliphatic carboxylic acids is 1. The van der Waals surface area contributed by atoms with Gasteiger partial charge in [0.2, 0.25) is 5.91 Å². The van der Waals surface area contributed by atoms with Crippen LogP contribution in [0.15, 0.2) is 36.4 Å². The molecule has 114 valence electrons. The van der Waals surface area contributed by atoms with Crippen LogP contribution in [0, 0.1) is 29.1 Å². The Balaban J connectivity index is 1.60. The maximum absolute atomic E-state index is 12.6. The number of carboxylic acid groups (broad SMARTS) is 1. The highest BCUT2D eigenvalue weighted by Crippen LogP contribution is 2.72. The van der Waals surface area contributed by atoms with Crippen LogP contribution in [0.2, 0.25) is 0 Å². The molecule has 3 aliphatic carbocycles. The van der Waals surface area contributed by atoms with Gasteiger partial charge in [-0.05, 0) is 54.4 Å². The molecule has 5 nitrogen and oxygen atoms in total. The molecule has 1 aromatic carbocycles. The molecule has 0 unspecified atom stereocenters. The molecule has 3 aliphatic rings. The first-order valence-corrected chi connectivity index (χ1v) is 7.54. The van der Waals surface area contributed by atoms with Gasteiger partial charge in [-0.2, -0.15) is 0 Å². The summed E-state index contributed by atoms with van der Waals surface area (Å²) in [6.07, 6.45) is 6.07. The van der Waals surface area contributed by atoms with E-state index in [1.807, 2.05) is 12.2 Å². The third kappa shape index (κ3) is 1.71. The number of rotatable bonds is 3. The van der Waals surface area contributed by atoms with E-state index in [4.69, 9.17) is 0 Å². The number of benzene rings is 1. The number of carbonyl (C=O) groups excluding carboxylic acids is 1. The van der Waals surface area contributed by atoms with Crippen LogP contribution in [0.25, 0.3) is 0 Å². The highest BCUT2D eigenvalue weighted by molar-refractivity contribution is 5.96. The molecule has 0 aliphatic heterocycles. The minimum atomic E-state index is -0.881. The highest BCUT2D eigenvalue weighted by Gasteiger charge is 2.70. The number of allylic oxidation sites excluding steroid dienone is 2. The van der Waals surface area contributed by atoms with Gasteiger partial charge in [0.05, 0.1) is 11.8 Å². The molecule has 0 heterocycles. The van der Waals surface area contributed by atoms with Crippen LogP contribution < -0.4 is 5.32 Å². The molecule has 1 aromatic rings. The summed E-state index contributed by atoms with van der Waals surface area (Å²) in [6.45, 7) is 0. The maximum atomic E-state index is 12.6. The molecule has 2 fully saturated rings. The zero-order valence-corrected chi connectivity index (χ0v) is 11.9. The Hall–Kier alpha value is -2.30. The van der Waals surface area contributed by atoms with E-state index in [2.05, 4.69) is 5.32 Å². The molecule has 0 saturated heterocycles. The number of phenols is 1. The van der Waals surface area contributed by atoms with E-state index in [1.165, 1.54) is 12.1 Å². The van der Waals surface area contributed by atoms with Crippen LogP contribution in [0.3, 0.4) is 0 Å². The average molecular weight is 299 g/mol. The van der Waals surface area contributed by atoms with Gasteiger partial charge >= 0.3 is 5.97 Å². The standard InChI is InChI=1S/C17H17NO4/c19-10-3-1-9(2-4-10)18-15(20)13-11-5-6-12(14(13)16(21)22)17(11)7-8-17/h1-6,11-14,19H,7-8H2,(H,18,20)(H,21,22)/t11-,12+,13+,14-/m0/s1. The molecule has 0 aromatic heterocycles. The smallest absolute Gasteiger partial charge is 0.307 e.